The Balaban J connectivity index is 0.000000167. The highest BCUT2D eigenvalue weighted by molar-refractivity contribution is 6.05. The third-order valence-electron chi connectivity index (χ3n) is 13.4. The number of benzene rings is 6. The zero-order chi connectivity index (χ0) is 58.2. The molecule has 0 aliphatic rings. The molecule has 0 spiro atoms. The Labute approximate surface area is 472 Å². The monoisotopic (exact) mass is 1080 g/mol. The minimum absolute atomic E-state index is 0.357. The summed E-state index contributed by atoms with van der Waals surface area (Å²) in [5.41, 5.74) is 30.3. The van der Waals surface area contributed by atoms with E-state index in [0.717, 1.165) is 65.9 Å². The molecule has 414 valence electrons. The van der Waals surface area contributed by atoms with Crippen molar-refractivity contribution < 1.29 is 0 Å². The van der Waals surface area contributed by atoms with Gasteiger partial charge >= 0.3 is 0 Å². The largest absolute Gasteiger partial charge is 0.338 e. The zero-order valence-electron chi connectivity index (χ0n) is 49.0. The highest BCUT2D eigenvalue weighted by Crippen LogP contribution is 2.25. The summed E-state index contributed by atoms with van der Waals surface area (Å²) in [5.74, 6) is 1.07. The lowest BCUT2D eigenvalue weighted by Gasteiger charge is -2.07. The predicted octanol–water partition coefficient (Wildman–Crippen LogP) is 14.7. The summed E-state index contributed by atoms with van der Waals surface area (Å²) in [7, 11) is 0. The Kier molecular flexibility index (Phi) is 20.1. The minimum atomic E-state index is 0.357. The van der Waals surface area contributed by atoms with Crippen LogP contribution in [-0.4, -0.2) is 79.1 Å². The standard InChI is InChI=1S/3C19H18N6.3C2H6/c1-11-8-14(9-12(2)13(11)3)10-20-24-19-22-18-17(23-25-19)15-6-4-5-7-16(15)21-18;1-11-8-13(3)14(9-12(11)2)10-20-24-19-22-18-17(23-25-19)15-6-4-5-7-16(15)21-18;1-11-8-9-14(13(3)12(11)2)10-20-24-19-22-18-17(23-25-19)15-6-4-5-7-16(15)21-18;3*1-2/h3*4-10H,1-3H3,(H2,21,22,24,25);3*1-2H3/b3*20-10+;;;. The van der Waals surface area contributed by atoms with E-state index in [2.05, 4.69) is 191 Å². The molecule has 6 heterocycles. The number of nitrogens with zero attached hydrogens (tertiary/aromatic N) is 12. The van der Waals surface area contributed by atoms with Crippen LogP contribution in [-0.2, 0) is 0 Å². The van der Waals surface area contributed by atoms with Gasteiger partial charge in [-0.3, -0.25) is 0 Å². The van der Waals surface area contributed by atoms with Crippen LogP contribution >= 0.6 is 0 Å². The van der Waals surface area contributed by atoms with Crippen LogP contribution in [0, 0.1) is 62.3 Å². The van der Waals surface area contributed by atoms with E-state index in [9.17, 15) is 0 Å². The Morgan fingerprint density at radius 3 is 1.16 bits per heavy atom. The molecule has 18 heteroatoms. The molecular weight excluding hydrogens is 1010 g/mol. The fourth-order valence-corrected chi connectivity index (χ4v) is 8.57. The second-order valence-electron chi connectivity index (χ2n) is 18.4. The Bertz CT molecular complexity index is 4040. The summed E-state index contributed by atoms with van der Waals surface area (Å²) in [6.45, 7) is 30.9. The number of aromatic nitrogens is 12. The fraction of sp³-hybridized carbons (Fsp3) is 0.238. The number of hydrogen-bond acceptors (Lipinski definition) is 15. The van der Waals surface area contributed by atoms with Crippen LogP contribution in [0.4, 0.5) is 17.8 Å². The van der Waals surface area contributed by atoms with Gasteiger partial charge in [-0.25, -0.2) is 16.3 Å². The number of aromatic amines is 3. The van der Waals surface area contributed by atoms with Gasteiger partial charge in [0, 0.05) is 32.7 Å². The van der Waals surface area contributed by atoms with E-state index < -0.39 is 0 Å². The number of para-hydroxylation sites is 3. The van der Waals surface area contributed by atoms with Gasteiger partial charge in [-0.2, -0.15) is 30.3 Å². The van der Waals surface area contributed by atoms with E-state index in [4.69, 9.17) is 0 Å². The first-order valence-corrected chi connectivity index (χ1v) is 27.3. The number of aryl methyl sites for hydroxylation is 6. The maximum atomic E-state index is 4.44. The molecule has 0 atom stereocenters. The molecule has 0 saturated heterocycles. The highest BCUT2D eigenvalue weighted by atomic mass is 15.4. The van der Waals surface area contributed by atoms with Crippen molar-refractivity contribution in [2.45, 2.75) is 104 Å². The van der Waals surface area contributed by atoms with Gasteiger partial charge in [-0.1, -0.05) is 126 Å². The van der Waals surface area contributed by atoms with Crippen molar-refractivity contribution >= 4 is 103 Å². The molecule has 12 aromatic rings. The van der Waals surface area contributed by atoms with Crippen molar-refractivity contribution in [1.29, 1.82) is 0 Å². The second kappa shape index (κ2) is 27.7. The SMILES string of the molecule is CC.CC.CC.Cc1cc(/C=N/Nc2nnc3c(n2)[nH]c2ccccc23)cc(C)c1C.Cc1cc(C)c(/C=N/Nc2nnc3c(n2)[nH]c2ccccc23)cc1C.Cc1ccc(/C=N/Nc2nnc3c(n2)[nH]c2ccccc23)c(C)c1C. The van der Waals surface area contributed by atoms with Crippen molar-refractivity contribution in [3.8, 4) is 0 Å². The van der Waals surface area contributed by atoms with E-state index in [1.165, 1.54) is 50.1 Å². The number of H-pyrrole nitrogens is 3. The topological polar surface area (TPSA) is 237 Å². The fourth-order valence-electron chi connectivity index (χ4n) is 8.57. The molecule has 0 amide bonds. The average molecular weight is 1080 g/mol. The summed E-state index contributed by atoms with van der Waals surface area (Å²) in [6.07, 6.45) is 5.32. The van der Waals surface area contributed by atoms with Crippen LogP contribution in [0.5, 0.6) is 0 Å². The van der Waals surface area contributed by atoms with Crippen molar-refractivity contribution in [3.05, 3.63) is 176 Å². The molecule has 0 radical (unpaired) electrons. The van der Waals surface area contributed by atoms with E-state index in [0.29, 0.717) is 34.8 Å². The van der Waals surface area contributed by atoms with Gasteiger partial charge in [-0.15, -0.1) is 30.6 Å². The molecule has 0 aliphatic carbocycles. The molecular formula is C63H72N18. The first-order valence-electron chi connectivity index (χ1n) is 27.3. The third-order valence-corrected chi connectivity index (χ3v) is 13.4. The van der Waals surface area contributed by atoms with Gasteiger partial charge in [0.1, 0.15) is 16.6 Å². The van der Waals surface area contributed by atoms with E-state index in [1.54, 1.807) is 18.6 Å². The molecule has 0 aliphatic heterocycles. The van der Waals surface area contributed by atoms with Crippen LogP contribution < -0.4 is 16.3 Å². The number of hydrazone groups is 3. The predicted molar refractivity (Wildman–Crippen MR) is 337 cm³/mol. The van der Waals surface area contributed by atoms with Gasteiger partial charge < -0.3 is 15.0 Å². The lowest BCUT2D eigenvalue weighted by molar-refractivity contribution is 1.01. The van der Waals surface area contributed by atoms with Gasteiger partial charge in [0.25, 0.3) is 17.8 Å². The molecule has 0 unspecified atom stereocenters. The molecule has 12 rings (SSSR count). The number of fused-ring (bicyclic) bond motifs is 9. The van der Waals surface area contributed by atoms with Crippen LogP contribution in [0.3, 0.4) is 0 Å². The van der Waals surface area contributed by atoms with Crippen molar-refractivity contribution in [3.63, 3.8) is 0 Å². The van der Waals surface area contributed by atoms with Gasteiger partial charge in [0.05, 0.1) is 18.6 Å². The Morgan fingerprint density at radius 2 is 0.728 bits per heavy atom. The number of rotatable bonds is 9. The average Bonchev–Trinajstić information content (AvgIpc) is 4.40. The van der Waals surface area contributed by atoms with Gasteiger partial charge in [-0.05, 0) is 153 Å². The second-order valence-corrected chi connectivity index (χ2v) is 18.4. The molecule has 6 aromatic heterocycles. The number of anilines is 3. The molecule has 81 heavy (non-hydrogen) atoms. The molecule has 18 nitrogen and oxygen atoms in total. The lowest BCUT2D eigenvalue weighted by Crippen LogP contribution is -2.00. The normalized spacial score (nSPS) is 11.0. The van der Waals surface area contributed by atoms with Crippen molar-refractivity contribution in [2.75, 3.05) is 16.3 Å². The van der Waals surface area contributed by atoms with Crippen LogP contribution in [0.2, 0.25) is 0 Å². The summed E-state index contributed by atoms with van der Waals surface area (Å²) in [6, 6.07) is 36.4. The summed E-state index contributed by atoms with van der Waals surface area (Å²) >= 11 is 0. The van der Waals surface area contributed by atoms with Crippen LogP contribution in [0.25, 0.3) is 66.2 Å². The first kappa shape index (κ1) is 58.8. The van der Waals surface area contributed by atoms with Gasteiger partial charge in [0.2, 0.25) is 0 Å². The minimum Gasteiger partial charge on any atom is -0.338 e. The smallest absolute Gasteiger partial charge is 0.265 e. The van der Waals surface area contributed by atoms with Gasteiger partial charge in [0.15, 0.2) is 16.9 Å². The maximum Gasteiger partial charge on any atom is 0.265 e. The summed E-state index contributed by atoms with van der Waals surface area (Å²) in [5, 5.41) is 40.9. The first-order chi connectivity index (χ1) is 39.4. The molecule has 0 fully saturated rings. The Hall–Kier alpha value is -9.84. The third kappa shape index (κ3) is 13.9. The summed E-state index contributed by atoms with van der Waals surface area (Å²) < 4.78 is 0. The maximum absolute atomic E-state index is 4.44. The van der Waals surface area contributed by atoms with Crippen molar-refractivity contribution in [1.82, 2.24) is 60.5 Å². The molecule has 6 N–H and O–H groups in total. The summed E-state index contributed by atoms with van der Waals surface area (Å²) in [4.78, 5) is 23.1. The quantitative estimate of drug-likeness (QED) is 0.0585. The molecule has 0 saturated carbocycles. The van der Waals surface area contributed by atoms with Crippen LogP contribution in [0.1, 0.15) is 108 Å². The zero-order valence-corrected chi connectivity index (χ0v) is 49.0. The Morgan fingerprint density at radius 1 is 0.346 bits per heavy atom. The lowest BCUT2D eigenvalue weighted by atomic mass is 10.00. The van der Waals surface area contributed by atoms with E-state index in [-0.39, 0.29) is 0 Å². The highest BCUT2D eigenvalue weighted by Gasteiger charge is 2.12. The molecule has 0 bridgehead atoms. The number of nitrogens with one attached hydrogen (secondary N) is 6. The van der Waals surface area contributed by atoms with E-state index in [1.807, 2.05) is 114 Å². The molecule has 6 aromatic carbocycles. The van der Waals surface area contributed by atoms with Crippen LogP contribution in [0.15, 0.2) is 124 Å². The van der Waals surface area contributed by atoms with E-state index >= 15 is 0 Å². The number of hydrogen-bond donors (Lipinski definition) is 6. The van der Waals surface area contributed by atoms with Crippen molar-refractivity contribution in [2.24, 2.45) is 15.3 Å².